The van der Waals surface area contributed by atoms with Crippen LogP contribution in [0.5, 0.6) is 0 Å². The monoisotopic (exact) mass is 426 g/mol. The summed E-state index contributed by atoms with van der Waals surface area (Å²) < 4.78 is 27.2. The van der Waals surface area contributed by atoms with Crippen LogP contribution in [0.2, 0.25) is 0 Å². The largest absolute Gasteiger partial charge is 0.324 e. The third-order valence-corrected chi connectivity index (χ3v) is 6.74. The summed E-state index contributed by atoms with van der Waals surface area (Å²) in [6.07, 6.45) is 2.78. The summed E-state index contributed by atoms with van der Waals surface area (Å²) in [6, 6.07) is 15.6. The van der Waals surface area contributed by atoms with E-state index in [1.54, 1.807) is 18.2 Å². The lowest BCUT2D eigenvalue weighted by atomic mass is 10.2. The van der Waals surface area contributed by atoms with Gasteiger partial charge in [-0.05, 0) is 36.3 Å². The second kappa shape index (κ2) is 8.72. The minimum Gasteiger partial charge on any atom is -0.324 e. The van der Waals surface area contributed by atoms with Crippen molar-refractivity contribution >= 4 is 21.6 Å². The Bertz CT molecular complexity index is 1120. The normalized spacial score (nSPS) is 15.1. The van der Waals surface area contributed by atoms with Gasteiger partial charge >= 0.3 is 0 Å². The summed E-state index contributed by atoms with van der Waals surface area (Å²) in [4.78, 5) is 13.8. The maximum atomic E-state index is 12.8. The van der Waals surface area contributed by atoms with Gasteiger partial charge in [0.1, 0.15) is 6.54 Å². The molecule has 0 unspecified atom stereocenters. The van der Waals surface area contributed by atoms with E-state index in [1.807, 2.05) is 30.3 Å². The lowest BCUT2D eigenvalue weighted by Crippen LogP contribution is -2.35. The Kier molecular flexibility index (Phi) is 5.86. The molecule has 1 fully saturated rings. The lowest BCUT2D eigenvalue weighted by Gasteiger charge is -2.26. The maximum absolute atomic E-state index is 12.8. The highest BCUT2D eigenvalue weighted by molar-refractivity contribution is 7.89. The van der Waals surface area contributed by atoms with Gasteiger partial charge in [0.05, 0.1) is 4.90 Å². The molecule has 3 aromatic rings. The standard InChI is InChI=1S/C20H22N6O3S/c27-19(15-26-23-20(22-24-26)16-8-3-1-4-9-16)21-17-10-7-11-18(14-17)30(28,29)25-12-5-2-6-13-25/h1,3-4,7-11,14H,2,5-6,12-13,15H2,(H,21,27). The van der Waals surface area contributed by atoms with Crippen molar-refractivity contribution in [2.24, 2.45) is 0 Å². The molecule has 0 bridgehead atoms. The minimum atomic E-state index is -3.56. The molecule has 10 heteroatoms. The zero-order valence-electron chi connectivity index (χ0n) is 16.3. The van der Waals surface area contributed by atoms with Crippen molar-refractivity contribution in [2.75, 3.05) is 18.4 Å². The first-order valence-corrected chi connectivity index (χ1v) is 11.2. The molecule has 1 amide bonds. The Morgan fingerprint density at radius 1 is 1.00 bits per heavy atom. The molecule has 0 spiro atoms. The lowest BCUT2D eigenvalue weighted by molar-refractivity contribution is -0.117. The zero-order valence-corrected chi connectivity index (χ0v) is 17.1. The van der Waals surface area contributed by atoms with E-state index in [1.165, 1.54) is 15.2 Å². The molecule has 30 heavy (non-hydrogen) atoms. The van der Waals surface area contributed by atoms with Crippen molar-refractivity contribution in [3.8, 4) is 11.4 Å². The van der Waals surface area contributed by atoms with E-state index < -0.39 is 10.0 Å². The molecule has 1 N–H and O–H groups in total. The molecule has 156 valence electrons. The highest BCUT2D eigenvalue weighted by Crippen LogP contribution is 2.23. The van der Waals surface area contributed by atoms with Gasteiger partial charge in [-0.15, -0.1) is 10.2 Å². The third-order valence-electron chi connectivity index (χ3n) is 4.84. The smallest absolute Gasteiger partial charge is 0.248 e. The quantitative estimate of drug-likeness (QED) is 0.647. The fourth-order valence-corrected chi connectivity index (χ4v) is 4.89. The zero-order chi connectivity index (χ0) is 21.0. The Hall–Kier alpha value is -3.11. The number of hydrogen-bond acceptors (Lipinski definition) is 6. The number of rotatable bonds is 6. The van der Waals surface area contributed by atoms with E-state index in [9.17, 15) is 13.2 Å². The minimum absolute atomic E-state index is 0.136. The van der Waals surface area contributed by atoms with Crippen molar-refractivity contribution in [1.29, 1.82) is 0 Å². The van der Waals surface area contributed by atoms with Crippen LogP contribution in [0.1, 0.15) is 19.3 Å². The molecule has 1 aliphatic rings. The number of benzene rings is 2. The van der Waals surface area contributed by atoms with Gasteiger partial charge in [-0.3, -0.25) is 4.79 Å². The van der Waals surface area contributed by atoms with Gasteiger partial charge in [-0.1, -0.05) is 42.8 Å². The van der Waals surface area contributed by atoms with Crippen LogP contribution in [0.3, 0.4) is 0 Å². The summed E-state index contributed by atoms with van der Waals surface area (Å²) >= 11 is 0. The Morgan fingerprint density at radius 3 is 2.53 bits per heavy atom. The number of carbonyl (C=O) groups is 1. The number of sulfonamides is 1. The van der Waals surface area contributed by atoms with Crippen LogP contribution < -0.4 is 5.32 Å². The number of piperidine rings is 1. The first-order valence-electron chi connectivity index (χ1n) is 9.76. The molecule has 0 saturated carbocycles. The fraction of sp³-hybridized carbons (Fsp3) is 0.300. The van der Waals surface area contributed by atoms with E-state index in [0.29, 0.717) is 24.6 Å². The average Bonchev–Trinajstić information content (AvgIpc) is 3.23. The molecule has 0 aliphatic carbocycles. The van der Waals surface area contributed by atoms with Gasteiger partial charge in [0.25, 0.3) is 0 Å². The second-order valence-electron chi connectivity index (χ2n) is 7.05. The predicted molar refractivity (Wildman–Crippen MR) is 111 cm³/mol. The summed E-state index contributed by atoms with van der Waals surface area (Å²) in [6.45, 7) is 0.921. The molecule has 1 aromatic heterocycles. The van der Waals surface area contributed by atoms with Gasteiger partial charge in [-0.2, -0.15) is 9.10 Å². The van der Waals surface area contributed by atoms with Crippen molar-refractivity contribution in [1.82, 2.24) is 24.5 Å². The van der Waals surface area contributed by atoms with Crippen molar-refractivity contribution < 1.29 is 13.2 Å². The van der Waals surface area contributed by atoms with Gasteiger partial charge in [-0.25, -0.2) is 8.42 Å². The second-order valence-corrected chi connectivity index (χ2v) is 8.99. The molecule has 1 saturated heterocycles. The van der Waals surface area contributed by atoms with Crippen LogP contribution in [0, 0.1) is 0 Å². The van der Waals surface area contributed by atoms with Crippen molar-refractivity contribution in [3.05, 3.63) is 54.6 Å². The number of carbonyl (C=O) groups excluding carboxylic acids is 1. The number of amides is 1. The SMILES string of the molecule is O=C(Cn1nnc(-c2ccccc2)n1)Nc1cccc(S(=O)(=O)N2CCCCC2)c1. The van der Waals surface area contributed by atoms with Crippen LogP contribution in [-0.2, 0) is 21.4 Å². The molecule has 2 aromatic carbocycles. The van der Waals surface area contributed by atoms with E-state index in [0.717, 1.165) is 24.8 Å². The molecule has 4 rings (SSSR count). The Morgan fingerprint density at radius 2 is 1.77 bits per heavy atom. The average molecular weight is 427 g/mol. The van der Waals surface area contributed by atoms with Crippen molar-refractivity contribution in [2.45, 2.75) is 30.7 Å². The van der Waals surface area contributed by atoms with E-state index in [4.69, 9.17) is 0 Å². The van der Waals surface area contributed by atoms with Crippen LogP contribution in [0.4, 0.5) is 5.69 Å². The topological polar surface area (TPSA) is 110 Å². The summed E-state index contributed by atoms with van der Waals surface area (Å²) in [5, 5.41) is 14.8. The summed E-state index contributed by atoms with van der Waals surface area (Å²) in [5.74, 6) is 0.0533. The van der Waals surface area contributed by atoms with Crippen LogP contribution in [0.25, 0.3) is 11.4 Å². The number of hydrogen-bond donors (Lipinski definition) is 1. The van der Waals surface area contributed by atoms with E-state index in [2.05, 4.69) is 20.7 Å². The highest BCUT2D eigenvalue weighted by Gasteiger charge is 2.26. The first-order chi connectivity index (χ1) is 14.5. The number of nitrogens with one attached hydrogen (secondary N) is 1. The summed E-state index contributed by atoms with van der Waals surface area (Å²) in [7, 11) is -3.56. The predicted octanol–water partition coefficient (Wildman–Crippen LogP) is 2.15. The number of tetrazole rings is 1. The first kappa shape index (κ1) is 20.2. The Balaban J connectivity index is 1.43. The highest BCUT2D eigenvalue weighted by atomic mass is 32.2. The molecule has 9 nitrogen and oxygen atoms in total. The molecular weight excluding hydrogens is 404 g/mol. The summed E-state index contributed by atoms with van der Waals surface area (Å²) in [5.41, 5.74) is 1.21. The van der Waals surface area contributed by atoms with Crippen LogP contribution in [-0.4, -0.2) is 51.9 Å². The fourth-order valence-electron chi connectivity index (χ4n) is 3.33. The number of nitrogens with zero attached hydrogens (tertiary/aromatic N) is 5. The van der Waals surface area contributed by atoms with Gasteiger partial charge < -0.3 is 5.32 Å². The Labute approximate surface area is 174 Å². The number of anilines is 1. The molecule has 0 radical (unpaired) electrons. The maximum Gasteiger partial charge on any atom is 0.248 e. The van der Waals surface area contributed by atoms with Gasteiger partial charge in [0.2, 0.25) is 21.8 Å². The van der Waals surface area contributed by atoms with Gasteiger partial charge in [0.15, 0.2) is 0 Å². The van der Waals surface area contributed by atoms with Crippen molar-refractivity contribution in [3.63, 3.8) is 0 Å². The van der Waals surface area contributed by atoms with E-state index in [-0.39, 0.29) is 17.3 Å². The third kappa shape index (κ3) is 4.55. The number of aromatic nitrogens is 4. The molecule has 1 aliphatic heterocycles. The molecular formula is C20H22N6O3S. The molecule has 0 atom stereocenters. The van der Waals surface area contributed by atoms with Crippen LogP contribution in [0.15, 0.2) is 59.5 Å². The van der Waals surface area contributed by atoms with Gasteiger partial charge in [0, 0.05) is 24.3 Å². The molecule has 2 heterocycles. The van der Waals surface area contributed by atoms with Crippen LogP contribution >= 0.6 is 0 Å². The van der Waals surface area contributed by atoms with E-state index >= 15 is 0 Å².